The van der Waals surface area contributed by atoms with E-state index >= 15 is 0 Å². The van der Waals surface area contributed by atoms with Crippen LogP contribution >= 0.6 is 0 Å². The van der Waals surface area contributed by atoms with Gasteiger partial charge >= 0.3 is 0 Å². The highest BCUT2D eigenvalue weighted by atomic mass is 19.1. The Bertz CT molecular complexity index is 938. The SMILES string of the molecule is COCCN1CCN(C(=O)C2CC(NCc3ccc(F)cc3F)CN2Cc2ccccc2)CC1. The minimum Gasteiger partial charge on any atom is -0.383 e. The van der Waals surface area contributed by atoms with Gasteiger partial charge in [-0.2, -0.15) is 0 Å². The lowest BCUT2D eigenvalue weighted by Gasteiger charge is -2.37. The molecular formula is C26H34F2N4O2. The molecule has 1 N–H and O–H groups in total. The number of ether oxygens (including phenoxy) is 1. The summed E-state index contributed by atoms with van der Waals surface area (Å²) >= 11 is 0. The molecule has 6 nitrogen and oxygen atoms in total. The maximum Gasteiger partial charge on any atom is 0.240 e. The van der Waals surface area contributed by atoms with Gasteiger partial charge in [-0.05, 0) is 18.1 Å². The zero-order valence-corrected chi connectivity index (χ0v) is 19.8. The molecule has 0 aromatic heterocycles. The molecule has 0 bridgehead atoms. The molecule has 2 aliphatic rings. The molecule has 4 rings (SSSR count). The predicted octanol–water partition coefficient (Wildman–Crippen LogP) is 2.49. The van der Waals surface area contributed by atoms with Crippen molar-refractivity contribution >= 4 is 5.91 Å². The number of carbonyl (C=O) groups excluding carboxylic acids is 1. The highest BCUT2D eigenvalue weighted by Crippen LogP contribution is 2.24. The summed E-state index contributed by atoms with van der Waals surface area (Å²) in [5, 5.41) is 3.39. The van der Waals surface area contributed by atoms with Crippen molar-refractivity contribution < 1.29 is 18.3 Å². The Kier molecular flexibility index (Phi) is 8.61. The molecule has 2 heterocycles. The summed E-state index contributed by atoms with van der Waals surface area (Å²) in [6.45, 7) is 6.41. The molecule has 2 fully saturated rings. The van der Waals surface area contributed by atoms with E-state index in [0.717, 1.165) is 44.4 Å². The molecule has 2 atom stereocenters. The minimum absolute atomic E-state index is 0.0464. The van der Waals surface area contributed by atoms with Crippen molar-refractivity contribution in [1.82, 2.24) is 20.0 Å². The van der Waals surface area contributed by atoms with Gasteiger partial charge in [-0.25, -0.2) is 8.78 Å². The molecule has 34 heavy (non-hydrogen) atoms. The van der Waals surface area contributed by atoms with Crippen LogP contribution in [0.4, 0.5) is 8.78 Å². The third kappa shape index (κ3) is 6.39. The number of halogens is 2. The second kappa shape index (κ2) is 11.8. The van der Waals surface area contributed by atoms with E-state index in [1.807, 2.05) is 23.1 Å². The lowest BCUT2D eigenvalue weighted by atomic mass is 10.1. The topological polar surface area (TPSA) is 48.1 Å². The van der Waals surface area contributed by atoms with Crippen molar-refractivity contribution in [2.45, 2.75) is 31.6 Å². The standard InChI is InChI=1S/C26H34F2N4O2/c1-34-14-13-30-9-11-31(12-10-30)26(33)25-16-23(19-32(25)18-20-5-3-2-4-6-20)29-17-21-7-8-22(27)15-24(21)28/h2-8,15,23,25,29H,9-14,16-19H2,1H3. The molecule has 2 unspecified atom stereocenters. The smallest absolute Gasteiger partial charge is 0.240 e. The molecule has 0 radical (unpaired) electrons. The first-order valence-corrected chi connectivity index (χ1v) is 12.0. The summed E-state index contributed by atoms with van der Waals surface area (Å²) in [7, 11) is 1.70. The van der Waals surface area contributed by atoms with Gasteiger partial charge in [0, 0.05) is 77.1 Å². The van der Waals surface area contributed by atoms with Gasteiger partial charge in [-0.3, -0.25) is 14.6 Å². The first-order chi connectivity index (χ1) is 16.5. The Morgan fingerprint density at radius 2 is 1.85 bits per heavy atom. The molecular weight excluding hydrogens is 438 g/mol. The van der Waals surface area contributed by atoms with E-state index in [9.17, 15) is 13.6 Å². The minimum atomic E-state index is -0.580. The maximum atomic E-state index is 14.1. The van der Waals surface area contributed by atoms with Crippen molar-refractivity contribution in [1.29, 1.82) is 0 Å². The van der Waals surface area contributed by atoms with E-state index in [-0.39, 0.29) is 18.0 Å². The number of nitrogens with zero attached hydrogens (tertiary/aromatic N) is 3. The van der Waals surface area contributed by atoms with E-state index in [1.54, 1.807) is 7.11 Å². The number of amides is 1. The van der Waals surface area contributed by atoms with Crippen LogP contribution in [0.2, 0.25) is 0 Å². The van der Waals surface area contributed by atoms with Crippen molar-refractivity contribution in [3.05, 3.63) is 71.3 Å². The van der Waals surface area contributed by atoms with Gasteiger partial charge in [0.25, 0.3) is 0 Å². The van der Waals surface area contributed by atoms with Crippen LogP contribution in [0.3, 0.4) is 0 Å². The first-order valence-electron chi connectivity index (χ1n) is 12.0. The van der Waals surface area contributed by atoms with Gasteiger partial charge in [0.05, 0.1) is 12.6 Å². The van der Waals surface area contributed by atoms with Crippen molar-refractivity contribution in [3.8, 4) is 0 Å². The van der Waals surface area contributed by atoms with Crippen molar-refractivity contribution in [2.75, 3.05) is 53.0 Å². The number of methoxy groups -OCH3 is 1. The number of piperazine rings is 1. The molecule has 2 aromatic carbocycles. The average molecular weight is 473 g/mol. The Hall–Kier alpha value is -2.39. The quantitative estimate of drug-likeness (QED) is 0.608. The number of rotatable bonds is 9. The Morgan fingerprint density at radius 1 is 1.09 bits per heavy atom. The summed E-state index contributed by atoms with van der Waals surface area (Å²) in [5.74, 6) is -0.964. The summed E-state index contributed by atoms with van der Waals surface area (Å²) in [4.78, 5) is 20.1. The molecule has 184 valence electrons. The van der Waals surface area contributed by atoms with Gasteiger partial charge < -0.3 is 15.0 Å². The molecule has 0 spiro atoms. The molecule has 2 saturated heterocycles. The molecule has 2 aliphatic heterocycles. The monoisotopic (exact) mass is 472 g/mol. The third-order valence-corrected chi connectivity index (χ3v) is 6.81. The fraction of sp³-hybridized carbons (Fsp3) is 0.500. The van der Waals surface area contributed by atoms with E-state index < -0.39 is 11.6 Å². The fourth-order valence-electron chi connectivity index (χ4n) is 4.84. The van der Waals surface area contributed by atoms with E-state index in [2.05, 4.69) is 27.2 Å². The lowest BCUT2D eigenvalue weighted by Crippen LogP contribution is -2.53. The zero-order valence-electron chi connectivity index (χ0n) is 19.8. The number of hydrogen-bond acceptors (Lipinski definition) is 5. The largest absolute Gasteiger partial charge is 0.383 e. The summed E-state index contributed by atoms with van der Waals surface area (Å²) < 4.78 is 32.5. The van der Waals surface area contributed by atoms with E-state index in [4.69, 9.17) is 4.74 Å². The maximum absolute atomic E-state index is 14.1. The highest BCUT2D eigenvalue weighted by molar-refractivity contribution is 5.82. The number of benzene rings is 2. The molecule has 0 aliphatic carbocycles. The van der Waals surface area contributed by atoms with Gasteiger partial charge in [0.15, 0.2) is 0 Å². The summed E-state index contributed by atoms with van der Waals surface area (Å²) in [6, 6.07) is 13.6. The Balaban J connectivity index is 1.40. The van der Waals surface area contributed by atoms with Crippen molar-refractivity contribution in [2.24, 2.45) is 0 Å². The number of likely N-dealkylation sites (tertiary alicyclic amines) is 1. The van der Waals surface area contributed by atoms with Gasteiger partial charge in [0.2, 0.25) is 5.91 Å². The van der Waals surface area contributed by atoms with Gasteiger partial charge in [0.1, 0.15) is 11.6 Å². The van der Waals surface area contributed by atoms with Crippen LogP contribution in [0.25, 0.3) is 0 Å². The van der Waals surface area contributed by atoms with Gasteiger partial charge in [-0.1, -0.05) is 36.4 Å². The summed E-state index contributed by atoms with van der Waals surface area (Å²) in [5.41, 5.74) is 1.59. The van der Waals surface area contributed by atoms with Crippen LogP contribution in [0.1, 0.15) is 17.5 Å². The highest BCUT2D eigenvalue weighted by Gasteiger charge is 2.39. The molecule has 1 amide bonds. The number of hydrogen-bond donors (Lipinski definition) is 1. The van der Waals surface area contributed by atoms with E-state index in [1.165, 1.54) is 12.1 Å². The molecule has 8 heteroatoms. The van der Waals surface area contributed by atoms with Crippen LogP contribution < -0.4 is 5.32 Å². The number of nitrogens with one attached hydrogen (secondary N) is 1. The van der Waals surface area contributed by atoms with E-state index in [0.29, 0.717) is 38.2 Å². The predicted molar refractivity (Wildman–Crippen MR) is 127 cm³/mol. The van der Waals surface area contributed by atoms with Crippen LogP contribution in [-0.4, -0.2) is 85.7 Å². The molecule has 2 aromatic rings. The van der Waals surface area contributed by atoms with Crippen LogP contribution in [-0.2, 0) is 22.6 Å². The second-order valence-corrected chi connectivity index (χ2v) is 9.14. The fourth-order valence-corrected chi connectivity index (χ4v) is 4.84. The average Bonchev–Trinajstić information content (AvgIpc) is 3.25. The second-order valence-electron chi connectivity index (χ2n) is 9.14. The van der Waals surface area contributed by atoms with Crippen LogP contribution in [0.5, 0.6) is 0 Å². The Labute approximate surface area is 200 Å². The number of carbonyl (C=O) groups is 1. The van der Waals surface area contributed by atoms with Gasteiger partial charge in [-0.15, -0.1) is 0 Å². The van der Waals surface area contributed by atoms with Crippen LogP contribution in [0.15, 0.2) is 48.5 Å². The lowest BCUT2D eigenvalue weighted by molar-refractivity contribution is -0.138. The summed E-state index contributed by atoms with van der Waals surface area (Å²) in [6.07, 6.45) is 0.665. The zero-order chi connectivity index (χ0) is 23.9. The first kappa shape index (κ1) is 24.7. The third-order valence-electron chi connectivity index (χ3n) is 6.81. The molecule has 0 saturated carbocycles. The van der Waals surface area contributed by atoms with Crippen LogP contribution in [0, 0.1) is 11.6 Å². The normalized spacial score (nSPS) is 21.8. The Morgan fingerprint density at radius 3 is 2.56 bits per heavy atom. The van der Waals surface area contributed by atoms with Crippen molar-refractivity contribution in [3.63, 3.8) is 0 Å².